The topological polar surface area (TPSA) is 47.0 Å². The molecule has 0 saturated heterocycles. The first-order chi connectivity index (χ1) is 10.2. The van der Waals surface area contributed by atoms with Crippen molar-refractivity contribution in [3.8, 4) is 5.75 Å². The maximum absolute atomic E-state index is 5.46. The van der Waals surface area contributed by atoms with Gasteiger partial charge in [-0.05, 0) is 49.1 Å². The molecule has 21 heavy (non-hydrogen) atoms. The highest BCUT2D eigenvalue weighted by molar-refractivity contribution is 8.00. The monoisotopic (exact) mass is 323 g/mol. The van der Waals surface area contributed by atoms with Gasteiger partial charge in [0.15, 0.2) is 4.34 Å². The summed E-state index contributed by atoms with van der Waals surface area (Å²) in [6, 6.07) is 6.75. The van der Waals surface area contributed by atoms with Crippen molar-refractivity contribution in [3.05, 3.63) is 35.7 Å². The normalized spacial score (nSPS) is 12.3. The van der Waals surface area contributed by atoms with Crippen molar-refractivity contribution in [2.45, 2.75) is 36.4 Å². The van der Waals surface area contributed by atoms with Crippen molar-refractivity contribution < 1.29 is 4.74 Å². The number of hydrogen-bond acceptors (Lipinski definition) is 6. The largest absolute Gasteiger partial charge is 0.496 e. The van der Waals surface area contributed by atoms with Crippen LogP contribution in [0.1, 0.15) is 37.4 Å². The van der Waals surface area contributed by atoms with Crippen molar-refractivity contribution >= 4 is 23.3 Å². The van der Waals surface area contributed by atoms with Gasteiger partial charge in [-0.25, -0.2) is 4.98 Å². The van der Waals surface area contributed by atoms with E-state index in [2.05, 4.69) is 46.7 Å². The second-order valence-corrected chi connectivity index (χ2v) is 6.75. The molecule has 0 bridgehead atoms. The summed E-state index contributed by atoms with van der Waals surface area (Å²) in [4.78, 5) is 4.20. The van der Waals surface area contributed by atoms with Gasteiger partial charge in [0.25, 0.3) is 0 Å². The molecule has 4 nitrogen and oxygen atoms in total. The van der Waals surface area contributed by atoms with Crippen LogP contribution in [0.2, 0.25) is 0 Å². The molecule has 0 saturated carbocycles. The number of nitrogens with one attached hydrogen (secondary N) is 1. The molecule has 0 amide bonds. The quantitative estimate of drug-likeness (QED) is 0.747. The Morgan fingerprint density at radius 3 is 2.95 bits per heavy atom. The van der Waals surface area contributed by atoms with Gasteiger partial charge in [0, 0.05) is 17.4 Å². The molecule has 114 valence electrons. The molecule has 0 fully saturated rings. The maximum Gasteiger partial charge on any atom is 0.170 e. The van der Waals surface area contributed by atoms with Crippen LogP contribution < -0.4 is 10.1 Å². The van der Waals surface area contributed by atoms with Gasteiger partial charge in [0.1, 0.15) is 12.1 Å². The molecule has 0 spiro atoms. The van der Waals surface area contributed by atoms with Crippen LogP contribution in [0.25, 0.3) is 0 Å². The Morgan fingerprint density at radius 2 is 2.29 bits per heavy atom. The summed E-state index contributed by atoms with van der Waals surface area (Å²) >= 11 is 3.12. The van der Waals surface area contributed by atoms with E-state index in [4.69, 9.17) is 4.74 Å². The Morgan fingerprint density at radius 1 is 1.43 bits per heavy atom. The Kier molecular flexibility index (Phi) is 6.48. The number of hydrogen-bond donors (Lipinski definition) is 1. The fourth-order valence-corrected chi connectivity index (χ4v) is 3.45. The molecule has 2 aromatic rings. The summed E-state index contributed by atoms with van der Waals surface area (Å²) in [5, 5.41) is 3.52. The number of nitrogens with zero attached hydrogens (tertiary/aromatic N) is 2. The first-order valence-electron chi connectivity index (χ1n) is 7.04. The highest BCUT2D eigenvalue weighted by atomic mass is 32.2. The molecule has 1 aromatic carbocycles. The third-order valence-corrected chi connectivity index (χ3v) is 5.04. The molecule has 0 aliphatic heterocycles. The summed E-state index contributed by atoms with van der Waals surface area (Å²) in [5.74, 6) is 1.77. The molecule has 0 radical (unpaired) electrons. The van der Waals surface area contributed by atoms with E-state index in [1.54, 1.807) is 25.2 Å². The SMILES string of the molecule is CCCNC(C)c1ccc(OC)c(CSc2ncns2)c1. The van der Waals surface area contributed by atoms with Crippen molar-refractivity contribution in [2.24, 2.45) is 0 Å². The molecule has 1 atom stereocenters. The van der Waals surface area contributed by atoms with E-state index in [0.29, 0.717) is 6.04 Å². The Balaban J connectivity index is 2.09. The minimum atomic E-state index is 0.348. The lowest BCUT2D eigenvalue weighted by molar-refractivity contribution is 0.411. The van der Waals surface area contributed by atoms with Crippen LogP contribution in [0.3, 0.4) is 0 Å². The summed E-state index contributed by atoms with van der Waals surface area (Å²) in [5.41, 5.74) is 2.48. The van der Waals surface area contributed by atoms with E-state index in [9.17, 15) is 0 Å². The maximum atomic E-state index is 5.46. The highest BCUT2D eigenvalue weighted by Gasteiger charge is 2.10. The van der Waals surface area contributed by atoms with Gasteiger partial charge in [-0.3, -0.25) is 0 Å². The second-order valence-electron chi connectivity index (χ2n) is 4.74. The zero-order valence-electron chi connectivity index (χ0n) is 12.6. The van der Waals surface area contributed by atoms with Crippen LogP contribution in [-0.2, 0) is 5.75 Å². The third kappa shape index (κ3) is 4.69. The molecule has 1 unspecified atom stereocenters. The standard InChI is InChI=1S/C15H21N3OS2/c1-4-7-16-11(2)12-5-6-14(19-3)13(8-12)9-20-15-17-10-18-21-15/h5-6,8,10-11,16H,4,7,9H2,1-3H3. The fraction of sp³-hybridized carbons (Fsp3) is 0.467. The molecule has 1 N–H and O–H groups in total. The predicted molar refractivity (Wildman–Crippen MR) is 89.2 cm³/mol. The molecular weight excluding hydrogens is 302 g/mol. The van der Waals surface area contributed by atoms with E-state index >= 15 is 0 Å². The molecule has 6 heteroatoms. The number of rotatable bonds is 8. The average Bonchev–Trinajstić information content (AvgIpc) is 3.03. The van der Waals surface area contributed by atoms with E-state index < -0.39 is 0 Å². The molecule has 2 rings (SSSR count). The van der Waals surface area contributed by atoms with E-state index in [-0.39, 0.29) is 0 Å². The molecule has 0 aliphatic rings. The van der Waals surface area contributed by atoms with Crippen molar-refractivity contribution in [1.29, 1.82) is 0 Å². The lowest BCUT2D eigenvalue weighted by atomic mass is 10.0. The number of aromatic nitrogens is 2. The van der Waals surface area contributed by atoms with Crippen molar-refractivity contribution in [2.75, 3.05) is 13.7 Å². The highest BCUT2D eigenvalue weighted by Crippen LogP contribution is 2.30. The lowest BCUT2D eigenvalue weighted by Crippen LogP contribution is -2.19. The van der Waals surface area contributed by atoms with Gasteiger partial charge in [0.2, 0.25) is 0 Å². The first kappa shape index (κ1) is 16.3. The van der Waals surface area contributed by atoms with Crippen molar-refractivity contribution in [3.63, 3.8) is 0 Å². The minimum absolute atomic E-state index is 0.348. The zero-order valence-corrected chi connectivity index (χ0v) is 14.3. The van der Waals surface area contributed by atoms with Crippen LogP contribution in [0.15, 0.2) is 28.9 Å². The third-order valence-electron chi connectivity index (χ3n) is 3.20. The van der Waals surface area contributed by atoms with Gasteiger partial charge >= 0.3 is 0 Å². The number of methoxy groups -OCH3 is 1. The summed E-state index contributed by atoms with van der Waals surface area (Å²) < 4.78 is 10.5. The van der Waals surface area contributed by atoms with Gasteiger partial charge in [-0.15, -0.1) is 0 Å². The van der Waals surface area contributed by atoms with Crippen LogP contribution >= 0.6 is 23.3 Å². The fourth-order valence-electron chi connectivity index (χ4n) is 2.03. The van der Waals surface area contributed by atoms with Gasteiger partial charge in [0.05, 0.1) is 7.11 Å². The smallest absolute Gasteiger partial charge is 0.170 e. The zero-order chi connectivity index (χ0) is 15.1. The molecule has 1 aromatic heterocycles. The van der Waals surface area contributed by atoms with E-state index in [1.807, 2.05) is 0 Å². The average molecular weight is 323 g/mol. The van der Waals surface area contributed by atoms with Crippen LogP contribution in [-0.4, -0.2) is 23.0 Å². The van der Waals surface area contributed by atoms with E-state index in [0.717, 1.165) is 28.8 Å². The number of thioether (sulfide) groups is 1. The Hall–Kier alpha value is -1.11. The van der Waals surface area contributed by atoms with E-state index in [1.165, 1.54) is 22.7 Å². The Bertz CT molecular complexity index is 546. The molecule has 0 aliphatic carbocycles. The van der Waals surface area contributed by atoms with Gasteiger partial charge in [-0.1, -0.05) is 24.8 Å². The summed E-state index contributed by atoms with van der Waals surface area (Å²) in [6.45, 7) is 5.40. The summed E-state index contributed by atoms with van der Waals surface area (Å²) in [6.07, 6.45) is 2.73. The van der Waals surface area contributed by atoms with Crippen LogP contribution in [0.5, 0.6) is 5.75 Å². The first-order valence-corrected chi connectivity index (χ1v) is 8.80. The predicted octanol–water partition coefficient (Wildman–Crippen LogP) is 3.90. The molecular formula is C15H21N3OS2. The van der Waals surface area contributed by atoms with Gasteiger partial charge in [-0.2, -0.15) is 4.37 Å². The van der Waals surface area contributed by atoms with Gasteiger partial charge < -0.3 is 10.1 Å². The molecule has 1 heterocycles. The second kappa shape index (κ2) is 8.36. The number of benzene rings is 1. The number of ether oxygens (including phenoxy) is 1. The summed E-state index contributed by atoms with van der Waals surface area (Å²) in [7, 11) is 1.72. The minimum Gasteiger partial charge on any atom is -0.496 e. The lowest BCUT2D eigenvalue weighted by Gasteiger charge is -2.16. The van der Waals surface area contributed by atoms with Crippen molar-refractivity contribution in [1.82, 2.24) is 14.7 Å². The van der Waals surface area contributed by atoms with Crippen LogP contribution in [0.4, 0.5) is 0 Å². The Labute approximate surface area is 134 Å². The van der Waals surface area contributed by atoms with Crippen LogP contribution in [0, 0.1) is 0 Å².